The Morgan fingerprint density at radius 2 is 1.38 bits per heavy atom. The van der Waals surface area contributed by atoms with Gasteiger partial charge in [0, 0.05) is 0 Å². The molecule has 3 aliphatic heterocycles. The normalized spacial score (nSPS) is 27.1. The van der Waals surface area contributed by atoms with E-state index in [0.29, 0.717) is 31.3 Å². The van der Waals surface area contributed by atoms with Crippen LogP contribution in [0.2, 0.25) is 0 Å². The maximum atomic E-state index is 6.01. The van der Waals surface area contributed by atoms with Crippen LogP contribution in [0.4, 0.5) is 0 Å². The molecule has 0 spiro atoms. The zero-order valence-corrected chi connectivity index (χ0v) is 13.7. The largest absolute Gasteiger partial charge is 0.490 e. The number of epoxide rings is 3. The maximum absolute atomic E-state index is 6.01. The molecule has 1 aromatic carbocycles. The van der Waals surface area contributed by atoms with Crippen molar-refractivity contribution in [2.45, 2.75) is 25.2 Å². The number of rotatable bonds is 10. The zero-order chi connectivity index (χ0) is 16.4. The summed E-state index contributed by atoms with van der Waals surface area (Å²) in [6.45, 7) is 5.83. The molecule has 3 atom stereocenters. The van der Waals surface area contributed by atoms with Crippen LogP contribution < -0.4 is 14.2 Å². The summed E-state index contributed by atoms with van der Waals surface area (Å²) in [7, 11) is 0. The monoisotopic (exact) mass is 334 g/mol. The lowest BCUT2D eigenvalue weighted by Crippen LogP contribution is -2.11. The van der Waals surface area contributed by atoms with Crippen LogP contribution in [0.25, 0.3) is 6.08 Å². The Hall–Kier alpha value is -1.76. The van der Waals surface area contributed by atoms with Crippen molar-refractivity contribution in [3.05, 3.63) is 23.8 Å². The van der Waals surface area contributed by atoms with E-state index in [1.807, 2.05) is 31.2 Å². The minimum absolute atomic E-state index is 0.174. The van der Waals surface area contributed by atoms with Crippen LogP contribution in [-0.2, 0) is 14.2 Å². The highest BCUT2D eigenvalue weighted by Gasteiger charge is 2.28. The standard InChI is InChI=1S/C18H22O6/c1-2-3-15-16(22-9-12-6-19-12)4-5-17(23-10-13-7-20-13)18(15)24-11-14-8-21-14/h2-5,12-14H,6-11H2,1H3. The van der Waals surface area contributed by atoms with Crippen molar-refractivity contribution in [2.75, 3.05) is 39.6 Å². The molecule has 0 bridgehead atoms. The Labute approximate surface area is 141 Å². The van der Waals surface area contributed by atoms with Crippen LogP contribution in [0, 0.1) is 0 Å². The molecule has 3 heterocycles. The molecular formula is C18H22O6. The molecule has 24 heavy (non-hydrogen) atoms. The second-order valence-electron chi connectivity index (χ2n) is 6.10. The topological polar surface area (TPSA) is 65.3 Å². The van der Waals surface area contributed by atoms with Gasteiger partial charge in [0.2, 0.25) is 0 Å². The molecule has 3 saturated heterocycles. The van der Waals surface area contributed by atoms with Gasteiger partial charge in [-0.15, -0.1) is 0 Å². The third kappa shape index (κ3) is 4.20. The van der Waals surface area contributed by atoms with Crippen LogP contribution in [0.1, 0.15) is 12.5 Å². The zero-order valence-electron chi connectivity index (χ0n) is 13.7. The lowest BCUT2D eigenvalue weighted by molar-refractivity contribution is 0.224. The van der Waals surface area contributed by atoms with Gasteiger partial charge in [-0.05, 0) is 19.1 Å². The molecule has 0 radical (unpaired) electrons. The molecule has 3 aliphatic rings. The molecule has 3 fully saturated rings. The van der Waals surface area contributed by atoms with E-state index < -0.39 is 0 Å². The number of hydrogen-bond acceptors (Lipinski definition) is 6. The molecule has 3 unspecified atom stereocenters. The van der Waals surface area contributed by atoms with Crippen LogP contribution in [-0.4, -0.2) is 58.0 Å². The van der Waals surface area contributed by atoms with E-state index in [9.17, 15) is 0 Å². The summed E-state index contributed by atoms with van der Waals surface area (Å²) >= 11 is 0. The Kier molecular flexibility index (Phi) is 4.60. The number of hydrogen-bond donors (Lipinski definition) is 0. The molecule has 0 N–H and O–H groups in total. The van der Waals surface area contributed by atoms with E-state index in [1.165, 1.54) is 0 Å². The number of benzene rings is 1. The lowest BCUT2D eigenvalue weighted by atomic mass is 10.1. The van der Waals surface area contributed by atoms with Crippen molar-refractivity contribution < 1.29 is 28.4 Å². The van der Waals surface area contributed by atoms with Crippen molar-refractivity contribution in [2.24, 2.45) is 0 Å². The summed E-state index contributed by atoms with van der Waals surface area (Å²) in [4.78, 5) is 0. The van der Waals surface area contributed by atoms with Crippen molar-refractivity contribution in [1.29, 1.82) is 0 Å². The van der Waals surface area contributed by atoms with Crippen LogP contribution >= 0.6 is 0 Å². The molecular weight excluding hydrogens is 312 g/mol. The fourth-order valence-electron chi connectivity index (χ4n) is 2.31. The lowest BCUT2D eigenvalue weighted by Gasteiger charge is -2.17. The van der Waals surface area contributed by atoms with E-state index in [4.69, 9.17) is 28.4 Å². The second-order valence-corrected chi connectivity index (χ2v) is 6.10. The predicted molar refractivity (Wildman–Crippen MR) is 86.9 cm³/mol. The third-order valence-corrected chi connectivity index (χ3v) is 3.92. The fourth-order valence-corrected chi connectivity index (χ4v) is 2.31. The van der Waals surface area contributed by atoms with Gasteiger partial charge in [-0.25, -0.2) is 0 Å². The summed E-state index contributed by atoms with van der Waals surface area (Å²) in [5, 5.41) is 0. The summed E-state index contributed by atoms with van der Waals surface area (Å²) in [5.41, 5.74) is 0.882. The van der Waals surface area contributed by atoms with E-state index in [0.717, 1.165) is 31.1 Å². The van der Waals surface area contributed by atoms with Gasteiger partial charge in [-0.1, -0.05) is 12.2 Å². The van der Waals surface area contributed by atoms with Gasteiger partial charge in [0.1, 0.15) is 43.9 Å². The first-order valence-corrected chi connectivity index (χ1v) is 8.36. The van der Waals surface area contributed by atoms with Gasteiger partial charge in [0.25, 0.3) is 0 Å². The SMILES string of the molecule is CC=Cc1c(OCC2CO2)ccc(OCC2CO2)c1OCC1CO1. The predicted octanol–water partition coefficient (Wildman–Crippen LogP) is 2.05. The minimum Gasteiger partial charge on any atom is -0.490 e. The van der Waals surface area contributed by atoms with Gasteiger partial charge in [-0.3, -0.25) is 0 Å². The summed E-state index contributed by atoms with van der Waals surface area (Å²) in [5.74, 6) is 2.16. The van der Waals surface area contributed by atoms with Crippen LogP contribution in [0.15, 0.2) is 18.2 Å². The fraction of sp³-hybridized carbons (Fsp3) is 0.556. The number of allylic oxidation sites excluding steroid dienone is 1. The van der Waals surface area contributed by atoms with Crippen molar-refractivity contribution in [3.63, 3.8) is 0 Å². The summed E-state index contributed by atoms with van der Waals surface area (Å²) in [6.07, 6.45) is 4.51. The molecule has 0 amide bonds. The van der Waals surface area contributed by atoms with E-state index >= 15 is 0 Å². The first-order chi connectivity index (χ1) is 11.8. The Balaban J connectivity index is 1.56. The molecule has 6 heteroatoms. The maximum Gasteiger partial charge on any atom is 0.172 e. The van der Waals surface area contributed by atoms with Gasteiger partial charge >= 0.3 is 0 Å². The Morgan fingerprint density at radius 1 is 0.875 bits per heavy atom. The molecule has 1 aromatic rings. The third-order valence-electron chi connectivity index (χ3n) is 3.92. The molecule has 6 nitrogen and oxygen atoms in total. The first-order valence-electron chi connectivity index (χ1n) is 8.36. The highest BCUT2D eigenvalue weighted by atomic mass is 16.6. The van der Waals surface area contributed by atoms with Crippen molar-refractivity contribution >= 4 is 6.08 Å². The Morgan fingerprint density at radius 3 is 1.92 bits per heavy atom. The van der Waals surface area contributed by atoms with Gasteiger partial charge < -0.3 is 28.4 Å². The number of ether oxygens (including phenoxy) is 6. The first kappa shape index (κ1) is 15.7. The van der Waals surface area contributed by atoms with Gasteiger partial charge in [0.05, 0.1) is 25.4 Å². The quantitative estimate of drug-likeness (QED) is 0.610. The minimum atomic E-state index is 0.174. The smallest absolute Gasteiger partial charge is 0.172 e. The van der Waals surface area contributed by atoms with E-state index in [2.05, 4.69) is 0 Å². The molecule has 4 rings (SSSR count). The van der Waals surface area contributed by atoms with Crippen LogP contribution in [0.3, 0.4) is 0 Å². The highest BCUT2D eigenvalue weighted by Crippen LogP contribution is 2.40. The average molecular weight is 334 g/mol. The molecule has 130 valence electrons. The molecule has 0 aromatic heterocycles. The van der Waals surface area contributed by atoms with Crippen LogP contribution in [0.5, 0.6) is 17.2 Å². The van der Waals surface area contributed by atoms with Gasteiger partial charge in [-0.2, -0.15) is 0 Å². The van der Waals surface area contributed by atoms with E-state index in [-0.39, 0.29) is 18.3 Å². The molecule has 0 saturated carbocycles. The molecule has 0 aliphatic carbocycles. The second kappa shape index (κ2) is 7.01. The van der Waals surface area contributed by atoms with Crippen molar-refractivity contribution in [1.82, 2.24) is 0 Å². The summed E-state index contributed by atoms with van der Waals surface area (Å²) < 4.78 is 33.5. The van der Waals surface area contributed by atoms with Gasteiger partial charge in [0.15, 0.2) is 11.5 Å². The van der Waals surface area contributed by atoms with Crippen molar-refractivity contribution in [3.8, 4) is 17.2 Å². The Bertz CT molecular complexity index is 602. The van der Waals surface area contributed by atoms with E-state index in [1.54, 1.807) is 0 Å². The summed E-state index contributed by atoms with van der Waals surface area (Å²) in [6, 6.07) is 3.81. The highest BCUT2D eigenvalue weighted by molar-refractivity contribution is 5.68. The average Bonchev–Trinajstić information content (AvgIpc) is 3.46.